The largest absolute Gasteiger partial charge is 0.480 e. The van der Waals surface area contributed by atoms with Gasteiger partial charge >= 0.3 is 18.0 Å². The van der Waals surface area contributed by atoms with E-state index in [0.29, 0.717) is 0 Å². The Kier molecular flexibility index (Phi) is 10.8. The molecule has 0 aliphatic heterocycles. The Bertz CT molecular complexity index is 304. The zero-order valence-corrected chi connectivity index (χ0v) is 10.9. The van der Waals surface area contributed by atoms with Crippen LogP contribution >= 0.6 is 0 Å². The van der Waals surface area contributed by atoms with Gasteiger partial charge in [0.25, 0.3) is 0 Å². The molecular weight excluding hydrogens is 296 g/mol. The lowest BCUT2D eigenvalue weighted by molar-refractivity contribution is -0.330. The Morgan fingerprint density at radius 2 is 1.10 bits per heavy atom. The van der Waals surface area contributed by atoms with Crippen LogP contribution in [0.25, 0.3) is 0 Å². The van der Waals surface area contributed by atoms with Crippen molar-refractivity contribution in [2.75, 3.05) is 32.9 Å². The minimum atomic E-state index is -3.10. The first kappa shape index (κ1) is 21.9. The van der Waals surface area contributed by atoms with E-state index in [1.54, 1.807) is 0 Å². The van der Waals surface area contributed by atoms with E-state index in [1.807, 2.05) is 0 Å². The van der Waals surface area contributed by atoms with Gasteiger partial charge in [-0.05, 0) is 0 Å². The van der Waals surface area contributed by atoms with Crippen LogP contribution in [0.15, 0.2) is 0 Å². The lowest BCUT2D eigenvalue weighted by Gasteiger charge is -2.27. The van der Waals surface area contributed by atoms with Crippen molar-refractivity contribution in [3.8, 4) is 0 Å². The van der Waals surface area contributed by atoms with Crippen molar-refractivity contribution in [2.45, 2.75) is 11.6 Å². The number of hydrogen-bond acceptors (Lipinski definition) is 10. The normalized spacial score (nSPS) is 11.5. The Labute approximate surface area is 118 Å². The first-order valence-corrected chi connectivity index (χ1v) is 5.45. The third-order valence-corrected chi connectivity index (χ3v) is 2.00. The van der Waals surface area contributed by atoms with E-state index in [9.17, 15) is 9.59 Å². The number of hydrogen-bond donors (Lipinski definition) is 10. The number of rotatable bonds is 9. The van der Waals surface area contributed by atoms with Gasteiger partial charge in [-0.2, -0.15) is 0 Å². The van der Waals surface area contributed by atoms with Crippen LogP contribution in [0.3, 0.4) is 0 Å². The summed E-state index contributed by atoms with van der Waals surface area (Å²) in [6.07, 6.45) is -3.10. The SMILES string of the molecule is O=C(O)CNC(CO)(CO)CO.O=C(O)CNC(O)(O)O. The van der Waals surface area contributed by atoms with E-state index in [1.165, 1.54) is 5.32 Å². The highest BCUT2D eigenvalue weighted by Gasteiger charge is 2.27. The minimum Gasteiger partial charge on any atom is -0.480 e. The van der Waals surface area contributed by atoms with E-state index in [-0.39, 0.29) is 0 Å². The Balaban J connectivity index is 0. The molecule has 0 bridgehead atoms. The van der Waals surface area contributed by atoms with Gasteiger partial charge in [-0.25, -0.2) is 5.32 Å². The molecule has 10 N–H and O–H groups in total. The monoisotopic (exact) mass is 316 g/mol. The summed E-state index contributed by atoms with van der Waals surface area (Å²) in [6.45, 7) is -2.70. The van der Waals surface area contributed by atoms with Crippen molar-refractivity contribution in [1.82, 2.24) is 10.6 Å². The Morgan fingerprint density at radius 1 is 0.762 bits per heavy atom. The number of aliphatic carboxylic acids is 2. The number of carbonyl (C=O) groups is 2. The lowest BCUT2D eigenvalue weighted by atomic mass is 10.0. The molecule has 0 amide bonds. The molecule has 0 unspecified atom stereocenters. The zero-order chi connectivity index (χ0) is 17.1. The third-order valence-electron chi connectivity index (χ3n) is 2.00. The first-order chi connectivity index (χ1) is 9.51. The number of carboxylic acid groups (broad SMARTS) is 2. The lowest BCUT2D eigenvalue weighted by Crippen LogP contribution is -2.56. The van der Waals surface area contributed by atoms with Crippen molar-refractivity contribution in [1.29, 1.82) is 0 Å². The summed E-state index contributed by atoms with van der Waals surface area (Å²) >= 11 is 0. The highest BCUT2D eigenvalue weighted by Crippen LogP contribution is 2.00. The zero-order valence-electron chi connectivity index (χ0n) is 10.9. The van der Waals surface area contributed by atoms with Crippen molar-refractivity contribution in [3.63, 3.8) is 0 Å². The predicted octanol–water partition coefficient (Wildman–Crippen LogP) is -5.37. The summed E-state index contributed by atoms with van der Waals surface area (Å²) in [6, 6.07) is 0. The molecule has 0 aliphatic rings. The number of aliphatic hydroxyl groups is 6. The Morgan fingerprint density at radius 3 is 1.29 bits per heavy atom. The van der Waals surface area contributed by atoms with Crippen LogP contribution in [-0.2, 0) is 9.59 Å². The van der Waals surface area contributed by atoms with Crippen molar-refractivity contribution in [2.24, 2.45) is 0 Å². The molecule has 0 heterocycles. The second kappa shape index (κ2) is 10.4. The second-order valence-electron chi connectivity index (χ2n) is 3.88. The summed E-state index contributed by atoms with van der Waals surface area (Å²) in [7, 11) is 0. The van der Waals surface area contributed by atoms with Crippen LogP contribution in [0.4, 0.5) is 0 Å². The average Bonchev–Trinajstić information content (AvgIpc) is 2.38. The van der Waals surface area contributed by atoms with Gasteiger partial charge in [0.15, 0.2) is 0 Å². The van der Waals surface area contributed by atoms with Crippen LogP contribution < -0.4 is 10.6 Å². The van der Waals surface area contributed by atoms with Gasteiger partial charge in [0.2, 0.25) is 0 Å². The van der Waals surface area contributed by atoms with Gasteiger partial charge in [0.05, 0.1) is 31.9 Å². The maximum Gasteiger partial charge on any atom is 0.343 e. The van der Waals surface area contributed by atoms with Crippen LogP contribution in [-0.4, -0.2) is 97.3 Å². The quantitative estimate of drug-likeness (QED) is 0.180. The van der Waals surface area contributed by atoms with E-state index in [0.717, 1.165) is 0 Å². The molecule has 0 aromatic heterocycles. The van der Waals surface area contributed by atoms with Crippen molar-refractivity contribution < 1.29 is 50.4 Å². The molecule has 0 saturated heterocycles. The highest BCUT2D eigenvalue weighted by molar-refractivity contribution is 5.69. The smallest absolute Gasteiger partial charge is 0.343 e. The molecule has 0 spiro atoms. The van der Waals surface area contributed by atoms with Gasteiger partial charge in [-0.15, -0.1) is 0 Å². The van der Waals surface area contributed by atoms with Crippen molar-refractivity contribution in [3.05, 3.63) is 0 Å². The summed E-state index contributed by atoms with van der Waals surface area (Å²) in [5.74, 6) is -2.41. The standard InChI is InChI=1S/C6H13NO5.C3H7NO5/c8-2-6(3-9,4-10)7-1-5(11)12;5-2(6)1-4-3(7,8)9/h7-10H,1-4H2,(H,11,12);4,7-9H,1H2,(H,5,6). The minimum absolute atomic E-state index is 0.415. The fourth-order valence-electron chi connectivity index (χ4n) is 0.775. The molecule has 0 radical (unpaired) electrons. The van der Waals surface area contributed by atoms with E-state index in [2.05, 4.69) is 5.32 Å². The highest BCUT2D eigenvalue weighted by atomic mass is 16.7. The van der Waals surface area contributed by atoms with Crippen LogP contribution in [0.2, 0.25) is 0 Å². The fraction of sp³-hybridized carbons (Fsp3) is 0.778. The van der Waals surface area contributed by atoms with Gasteiger partial charge < -0.3 is 40.9 Å². The number of carboxylic acids is 2. The van der Waals surface area contributed by atoms with Gasteiger partial charge in [0, 0.05) is 0 Å². The number of nitrogens with one attached hydrogen (secondary N) is 2. The molecule has 12 heteroatoms. The summed E-state index contributed by atoms with van der Waals surface area (Å²) < 4.78 is 0. The average molecular weight is 316 g/mol. The van der Waals surface area contributed by atoms with Crippen LogP contribution in [0, 0.1) is 0 Å². The topological polar surface area (TPSA) is 220 Å². The van der Waals surface area contributed by atoms with Gasteiger partial charge in [-0.1, -0.05) is 0 Å². The fourth-order valence-corrected chi connectivity index (χ4v) is 0.775. The Hall–Kier alpha value is -1.38. The van der Waals surface area contributed by atoms with E-state index < -0.39 is 56.5 Å². The second-order valence-corrected chi connectivity index (χ2v) is 3.88. The molecule has 0 aliphatic carbocycles. The summed E-state index contributed by atoms with van der Waals surface area (Å²) in [5, 5.41) is 70.1. The molecule has 0 fully saturated rings. The van der Waals surface area contributed by atoms with Crippen LogP contribution in [0.5, 0.6) is 0 Å². The van der Waals surface area contributed by atoms with E-state index >= 15 is 0 Å². The maximum absolute atomic E-state index is 10.1. The van der Waals surface area contributed by atoms with Gasteiger partial charge in [0.1, 0.15) is 6.54 Å². The van der Waals surface area contributed by atoms with E-state index in [4.69, 9.17) is 40.9 Å². The summed E-state index contributed by atoms with van der Waals surface area (Å²) in [4.78, 5) is 19.7. The molecule has 12 nitrogen and oxygen atoms in total. The molecule has 0 atom stereocenters. The van der Waals surface area contributed by atoms with Crippen LogP contribution in [0.1, 0.15) is 0 Å². The number of aliphatic hydroxyl groups excluding tert-OH is 3. The summed E-state index contributed by atoms with van der Waals surface area (Å²) in [5.41, 5.74) is -1.31. The molecule has 126 valence electrons. The van der Waals surface area contributed by atoms with Crippen molar-refractivity contribution >= 4 is 11.9 Å². The maximum atomic E-state index is 10.1. The molecule has 0 aromatic rings. The molecular formula is C9H20N2O10. The first-order valence-electron chi connectivity index (χ1n) is 5.45. The third kappa shape index (κ3) is 13.4. The molecule has 0 saturated carbocycles. The predicted molar refractivity (Wildman–Crippen MR) is 64.7 cm³/mol. The molecule has 0 rings (SSSR count). The van der Waals surface area contributed by atoms with Gasteiger partial charge in [-0.3, -0.25) is 14.9 Å². The molecule has 0 aromatic carbocycles. The molecule has 21 heavy (non-hydrogen) atoms.